The van der Waals surface area contributed by atoms with Gasteiger partial charge in [0.05, 0.1) is 21.2 Å². The third-order valence-electron chi connectivity index (χ3n) is 3.27. The highest BCUT2D eigenvalue weighted by Gasteiger charge is 2.11. The van der Waals surface area contributed by atoms with Gasteiger partial charge in [-0.25, -0.2) is 9.97 Å². The van der Waals surface area contributed by atoms with E-state index in [0.29, 0.717) is 22.4 Å². The standard InChI is InChI=1S/C14H8N6OS/c15-4-7-5-16-12-11(7)13(18-6-17-12)19-8-1-2-9-10(3-8)22-14(21)20-9/h1-3,5-6H,(H,20,21)(H2,16,17,18,19). The Morgan fingerprint density at radius 3 is 3.09 bits per heavy atom. The molecule has 22 heavy (non-hydrogen) atoms. The highest BCUT2D eigenvalue weighted by molar-refractivity contribution is 7.16. The Bertz CT molecular complexity index is 1100. The van der Waals surface area contributed by atoms with Crippen molar-refractivity contribution >= 4 is 44.1 Å². The lowest BCUT2D eigenvalue weighted by Gasteiger charge is -2.06. The molecule has 3 aromatic heterocycles. The van der Waals surface area contributed by atoms with Crippen molar-refractivity contribution in [2.75, 3.05) is 5.32 Å². The Morgan fingerprint density at radius 2 is 2.23 bits per heavy atom. The van der Waals surface area contributed by atoms with Crippen LogP contribution in [0.1, 0.15) is 5.56 Å². The Hall–Kier alpha value is -3.18. The lowest BCUT2D eigenvalue weighted by atomic mass is 10.2. The van der Waals surface area contributed by atoms with Crippen molar-refractivity contribution < 1.29 is 0 Å². The summed E-state index contributed by atoms with van der Waals surface area (Å²) in [6, 6.07) is 7.65. The van der Waals surface area contributed by atoms with Gasteiger partial charge in [-0.1, -0.05) is 11.3 Å². The second-order valence-electron chi connectivity index (χ2n) is 4.61. The predicted octanol–water partition coefficient (Wildman–Crippen LogP) is 2.48. The third kappa shape index (κ3) is 1.92. The van der Waals surface area contributed by atoms with Crippen molar-refractivity contribution in [2.24, 2.45) is 0 Å². The number of nitrogens with zero attached hydrogens (tertiary/aromatic N) is 3. The lowest BCUT2D eigenvalue weighted by molar-refractivity contribution is 1.20. The number of aromatic amines is 2. The topological polar surface area (TPSA) is 110 Å². The van der Waals surface area contributed by atoms with E-state index in [1.165, 1.54) is 6.33 Å². The highest BCUT2D eigenvalue weighted by atomic mass is 32.1. The molecule has 0 bridgehead atoms. The van der Waals surface area contributed by atoms with Gasteiger partial charge in [-0.15, -0.1) is 0 Å². The van der Waals surface area contributed by atoms with Crippen LogP contribution in [0.3, 0.4) is 0 Å². The largest absolute Gasteiger partial charge is 0.345 e. The molecule has 8 heteroatoms. The summed E-state index contributed by atoms with van der Waals surface area (Å²) < 4.78 is 0.856. The molecule has 106 valence electrons. The molecule has 3 N–H and O–H groups in total. The maximum atomic E-state index is 11.4. The van der Waals surface area contributed by atoms with Crippen molar-refractivity contribution in [1.82, 2.24) is 19.9 Å². The monoisotopic (exact) mass is 308 g/mol. The summed E-state index contributed by atoms with van der Waals surface area (Å²) in [6.45, 7) is 0. The molecule has 0 unspecified atom stereocenters. The van der Waals surface area contributed by atoms with Crippen LogP contribution in [-0.4, -0.2) is 19.9 Å². The lowest BCUT2D eigenvalue weighted by Crippen LogP contribution is -1.95. The Morgan fingerprint density at radius 1 is 1.32 bits per heavy atom. The van der Waals surface area contributed by atoms with Crippen molar-refractivity contribution in [1.29, 1.82) is 5.26 Å². The summed E-state index contributed by atoms with van der Waals surface area (Å²) in [6.07, 6.45) is 3.03. The number of aromatic nitrogens is 4. The van der Waals surface area contributed by atoms with Gasteiger partial charge in [-0.3, -0.25) is 4.79 Å². The fourth-order valence-corrected chi connectivity index (χ4v) is 3.08. The zero-order chi connectivity index (χ0) is 15.1. The molecule has 0 aliphatic carbocycles. The van der Waals surface area contributed by atoms with E-state index >= 15 is 0 Å². The van der Waals surface area contributed by atoms with Gasteiger partial charge >= 0.3 is 4.87 Å². The van der Waals surface area contributed by atoms with Crippen LogP contribution >= 0.6 is 11.3 Å². The highest BCUT2D eigenvalue weighted by Crippen LogP contribution is 2.27. The molecule has 3 heterocycles. The minimum atomic E-state index is -0.0889. The van der Waals surface area contributed by atoms with Gasteiger partial charge in [0.1, 0.15) is 23.9 Å². The number of thiazole rings is 1. The maximum Gasteiger partial charge on any atom is 0.305 e. The molecule has 0 saturated carbocycles. The molecule has 4 rings (SSSR count). The Labute approximate surface area is 127 Å². The molecule has 0 amide bonds. The van der Waals surface area contributed by atoms with E-state index < -0.39 is 0 Å². The second-order valence-corrected chi connectivity index (χ2v) is 5.63. The van der Waals surface area contributed by atoms with E-state index in [2.05, 4.69) is 31.3 Å². The molecule has 0 spiro atoms. The van der Waals surface area contributed by atoms with E-state index in [1.54, 1.807) is 6.20 Å². The van der Waals surface area contributed by atoms with E-state index in [0.717, 1.165) is 27.2 Å². The van der Waals surface area contributed by atoms with Crippen LogP contribution in [-0.2, 0) is 0 Å². The van der Waals surface area contributed by atoms with Gasteiger partial charge in [0.25, 0.3) is 0 Å². The minimum absolute atomic E-state index is 0.0889. The summed E-state index contributed by atoms with van der Waals surface area (Å²) in [5.41, 5.74) is 2.66. The maximum absolute atomic E-state index is 11.4. The fourth-order valence-electron chi connectivity index (χ4n) is 2.31. The number of hydrogen-bond donors (Lipinski definition) is 3. The van der Waals surface area contributed by atoms with Gasteiger partial charge in [0.2, 0.25) is 0 Å². The average Bonchev–Trinajstić information content (AvgIpc) is 3.09. The first-order valence-corrected chi connectivity index (χ1v) is 7.18. The number of anilines is 2. The van der Waals surface area contributed by atoms with Crippen LogP contribution in [0.5, 0.6) is 0 Å². The van der Waals surface area contributed by atoms with Crippen LogP contribution in [0, 0.1) is 11.3 Å². The second kappa shape index (κ2) is 4.68. The van der Waals surface area contributed by atoms with Gasteiger partial charge in [0.15, 0.2) is 0 Å². The number of rotatable bonds is 2. The predicted molar refractivity (Wildman–Crippen MR) is 84.3 cm³/mol. The third-order valence-corrected chi connectivity index (χ3v) is 4.12. The van der Waals surface area contributed by atoms with Gasteiger partial charge in [-0.2, -0.15) is 5.26 Å². The van der Waals surface area contributed by atoms with Crippen LogP contribution < -0.4 is 10.2 Å². The molecule has 7 nitrogen and oxygen atoms in total. The van der Waals surface area contributed by atoms with Gasteiger partial charge in [0, 0.05) is 11.9 Å². The number of H-pyrrole nitrogens is 2. The molecule has 0 atom stereocenters. The normalized spacial score (nSPS) is 10.9. The summed E-state index contributed by atoms with van der Waals surface area (Å²) in [5.74, 6) is 0.546. The van der Waals surface area contributed by atoms with Crippen molar-refractivity contribution in [3.05, 3.63) is 46.0 Å². The Kier molecular flexibility index (Phi) is 2.67. The molecule has 0 aliphatic rings. The van der Waals surface area contributed by atoms with Crippen molar-refractivity contribution in [3.63, 3.8) is 0 Å². The van der Waals surface area contributed by atoms with Gasteiger partial charge < -0.3 is 15.3 Å². The summed E-state index contributed by atoms with van der Waals surface area (Å²) in [7, 11) is 0. The van der Waals surface area contributed by atoms with Gasteiger partial charge in [-0.05, 0) is 18.2 Å². The first kappa shape index (κ1) is 12.6. The zero-order valence-electron chi connectivity index (χ0n) is 11.0. The number of fused-ring (bicyclic) bond motifs is 2. The molecule has 0 saturated heterocycles. The SMILES string of the molecule is N#Cc1c[nH]c2ncnc(Nc3ccc4[nH]c(=O)sc4c3)c12. The molecule has 0 aliphatic heterocycles. The molecule has 0 radical (unpaired) electrons. The van der Waals surface area contributed by atoms with E-state index in [9.17, 15) is 4.79 Å². The number of nitrogens with one attached hydrogen (secondary N) is 3. The number of nitriles is 1. The average molecular weight is 308 g/mol. The van der Waals surface area contributed by atoms with E-state index in [1.807, 2.05) is 18.2 Å². The van der Waals surface area contributed by atoms with Crippen LogP contribution in [0.2, 0.25) is 0 Å². The van der Waals surface area contributed by atoms with Crippen LogP contribution in [0.4, 0.5) is 11.5 Å². The number of hydrogen-bond acceptors (Lipinski definition) is 6. The zero-order valence-corrected chi connectivity index (χ0v) is 11.9. The number of benzene rings is 1. The van der Waals surface area contributed by atoms with Crippen LogP contribution in [0.25, 0.3) is 21.3 Å². The first-order valence-electron chi connectivity index (χ1n) is 6.36. The molecule has 1 aromatic carbocycles. The quantitative estimate of drug-likeness (QED) is 0.527. The van der Waals surface area contributed by atoms with E-state index in [4.69, 9.17) is 5.26 Å². The molecule has 4 aromatic rings. The Balaban J connectivity index is 1.83. The van der Waals surface area contributed by atoms with Crippen LogP contribution in [0.15, 0.2) is 35.5 Å². The minimum Gasteiger partial charge on any atom is -0.345 e. The van der Waals surface area contributed by atoms with Crippen molar-refractivity contribution in [2.45, 2.75) is 0 Å². The summed E-state index contributed by atoms with van der Waals surface area (Å²) in [5, 5.41) is 13.0. The molecular formula is C14H8N6OS. The summed E-state index contributed by atoms with van der Waals surface area (Å²) >= 11 is 1.15. The van der Waals surface area contributed by atoms with E-state index in [-0.39, 0.29) is 4.87 Å². The first-order chi connectivity index (χ1) is 10.7. The van der Waals surface area contributed by atoms with Crippen molar-refractivity contribution in [3.8, 4) is 6.07 Å². The smallest absolute Gasteiger partial charge is 0.305 e. The molecular weight excluding hydrogens is 300 g/mol. The fraction of sp³-hybridized carbons (Fsp3) is 0. The summed E-state index contributed by atoms with van der Waals surface area (Å²) in [4.78, 5) is 25.3. The molecule has 0 fully saturated rings.